The van der Waals surface area contributed by atoms with E-state index in [1.165, 1.54) is 0 Å². The van der Waals surface area contributed by atoms with Gasteiger partial charge in [-0.25, -0.2) is 4.39 Å². The van der Waals surface area contributed by atoms with Crippen molar-refractivity contribution in [2.75, 3.05) is 19.6 Å². The van der Waals surface area contributed by atoms with Gasteiger partial charge in [0.05, 0.1) is 0 Å². The normalized spacial score (nSPS) is 35.6. The van der Waals surface area contributed by atoms with Crippen LogP contribution < -0.4 is 10.1 Å². The van der Waals surface area contributed by atoms with E-state index in [1.54, 1.807) is 6.08 Å². The summed E-state index contributed by atoms with van der Waals surface area (Å²) in [7, 11) is 0. The number of likely N-dealkylation sites (tertiary alicyclic amines) is 1. The van der Waals surface area contributed by atoms with E-state index < -0.39 is 11.7 Å². The van der Waals surface area contributed by atoms with Crippen LogP contribution in [0.2, 0.25) is 0 Å². The maximum absolute atomic E-state index is 15.7. The number of carbonyl (C=O) groups excluding carboxylic acids is 2. The highest BCUT2D eigenvalue weighted by Gasteiger charge is 2.60. The molecular weight excluding hydrogens is 469 g/mol. The van der Waals surface area contributed by atoms with Crippen molar-refractivity contribution in [2.24, 2.45) is 11.8 Å². The number of fused-ring (bicyclic) bond motifs is 1. The van der Waals surface area contributed by atoms with Crippen molar-refractivity contribution in [1.29, 1.82) is 0 Å². The van der Waals surface area contributed by atoms with Gasteiger partial charge < -0.3 is 14.5 Å². The quantitative estimate of drug-likeness (QED) is 0.656. The second kappa shape index (κ2) is 8.42. The second-order valence-corrected chi connectivity index (χ2v) is 12.2. The molecule has 5 unspecified atom stereocenters. The Hall–Kier alpha value is -2.67. The van der Waals surface area contributed by atoms with Crippen molar-refractivity contribution in [2.45, 2.75) is 81.8 Å². The van der Waals surface area contributed by atoms with E-state index in [9.17, 15) is 9.59 Å². The van der Waals surface area contributed by atoms with Crippen LogP contribution in [0.3, 0.4) is 0 Å². The Bertz CT molecular complexity index is 1200. The number of allylic oxidation sites excluding steroid dienone is 2. The van der Waals surface area contributed by atoms with E-state index in [2.05, 4.69) is 25.2 Å². The number of hydrogen-bond acceptors (Lipinski definition) is 4. The van der Waals surface area contributed by atoms with Gasteiger partial charge >= 0.3 is 0 Å². The second-order valence-electron chi connectivity index (χ2n) is 12.2. The lowest BCUT2D eigenvalue weighted by atomic mass is 9.85. The summed E-state index contributed by atoms with van der Waals surface area (Å²) in [6, 6.07) is 6.04. The van der Waals surface area contributed by atoms with Crippen LogP contribution in [0.5, 0.6) is 5.75 Å². The van der Waals surface area contributed by atoms with Gasteiger partial charge in [-0.05, 0) is 68.2 Å². The zero-order valence-electron chi connectivity index (χ0n) is 21.7. The lowest BCUT2D eigenvalue weighted by Gasteiger charge is -2.30. The lowest BCUT2D eigenvalue weighted by molar-refractivity contribution is -0.131. The zero-order valence-corrected chi connectivity index (χ0v) is 21.7. The first-order valence-electron chi connectivity index (χ1n) is 14.0. The van der Waals surface area contributed by atoms with Gasteiger partial charge in [-0.2, -0.15) is 0 Å². The molecule has 7 rings (SSSR count). The highest BCUT2D eigenvalue weighted by Crippen LogP contribution is 2.46. The summed E-state index contributed by atoms with van der Waals surface area (Å²) in [4.78, 5) is 29.9. The van der Waals surface area contributed by atoms with Gasteiger partial charge in [0, 0.05) is 43.0 Å². The van der Waals surface area contributed by atoms with Crippen LogP contribution in [0.1, 0.15) is 68.9 Å². The van der Waals surface area contributed by atoms with Crippen molar-refractivity contribution in [1.82, 2.24) is 15.1 Å². The fourth-order valence-electron chi connectivity index (χ4n) is 6.71. The maximum Gasteiger partial charge on any atom is 0.244 e. The van der Waals surface area contributed by atoms with Crippen molar-refractivity contribution in [3.63, 3.8) is 0 Å². The van der Waals surface area contributed by atoms with E-state index in [4.69, 9.17) is 4.74 Å². The third-order valence-electron chi connectivity index (χ3n) is 9.56. The summed E-state index contributed by atoms with van der Waals surface area (Å²) in [5.41, 5.74) is 2.46. The predicted molar refractivity (Wildman–Crippen MR) is 138 cm³/mol. The summed E-state index contributed by atoms with van der Waals surface area (Å²) < 4.78 is 21.6. The van der Waals surface area contributed by atoms with Gasteiger partial charge in [0.25, 0.3) is 0 Å². The summed E-state index contributed by atoms with van der Waals surface area (Å²) in [6.07, 6.45) is 8.95. The smallest absolute Gasteiger partial charge is 0.244 e. The fourth-order valence-corrected chi connectivity index (χ4v) is 6.71. The minimum Gasteiger partial charge on any atom is -0.490 e. The van der Waals surface area contributed by atoms with Gasteiger partial charge in [-0.1, -0.05) is 31.2 Å². The molecule has 2 saturated carbocycles. The monoisotopic (exact) mass is 505 g/mol. The van der Waals surface area contributed by atoms with E-state index in [0.29, 0.717) is 6.54 Å². The Balaban J connectivity index is 1.08. The molecule has 6 atom stereocenters. The molecule has 1 spiro atoms. The minimum atomic E-state index is -1.17. The predicted octanol–water partition coefficient (Wildman–Crippen LogP) is 4.04. The average molecular weight is 506 g/mol. The molecule has 0 radical (unpaired) electrons. The van der Waals surface area contributed by atoms with Gasteiger partial charge in [0.1, 0.15) is 29.7 Å². The Morgan fingerprint density at radius 3 is 2.76 bits per heavy atom. The summed E-state index contributed by atoms with van der Waals surface area (Å²) >= 11 is 0. The van der Waals surface area contributed by atoms with Crippen LogP contribution in [0.4, 0.5) is 4.39 Å². The Morgan fingerprint density at radius 2 is 2.03 bits per heavy atom. The third-order valence-corrected chi connectivity index (χ3v) is 9.56. The van der Waals surface area contributed by atoms with E-state index in [0.717, 1.165) is 67.6 Å². The molecule has 1 N–H and O–H groups in total. The minimum absolute atomic E-state index is 0.130. The van der Waals surface area contributed by atoms with E-state index >= 15 is 4.39 Å². The maximum atomic E-state index is 15.7. The molecule has 3 heterocycles. The molecular formula is C30H36FN3O3. The van der Waals surface area contributed by atoms with E-state index in [1.807, 2.05) is 34.1 Å². The lowest BCUT2D eigenvalue weighted by Crippen LogP contribution is -2.43. The van der Waals surface area contributed by atoms with Crippen LogP contribution in [0.25, 0.3) is 0 Å². The number of alkyl halides is 1. The molecule has 196 valence electrons. The third kappa shape index (κ3) is 3.92. The standard InChI is InChI=1S/C30H36FN3O3/c1-17-18(2)37-26-8-6-21(13-24(17)26)23-7-5-22(14-25(23)31)27-32-30(10-11-30)29(36)34(27)16-19-9-12-33(15-19)28(35)20-3-4-20/h5-8,13-14,17-20,23,25,27,32H,3-4,9-12,15-16H2,1-2H3/t17?,18?,19-,23?,25?,27?/m1/s1. The summed E-state index contributed by atoms with van der Waals surface area (Å²) in [5, 5.41) is 3.56. The van der Waals surface area contributed by atoms with Gasteiger partial charge in [0.15, 0.2) is 0 Å². The number of rotatable bonds is 5. The SMILES string of the molecule is CC1Oc2ccc(C3C=CC(C4NC5(CC5)C(=O)N4C[C@@H]4CCN(C(=O)C5CC5)C4)=CC3F)cc2C1C. The van der Waals surface area contributed by atoms with Crippen molar-refractivity contribution < 1.29 is 18.7 Å². The van der Waals surface area contributed by atoms with E-state index in [-0.39, 0.29) is 47.8 Å². The first-order valence-corrected chi connectivity index (χ1v) is 14.0. The molecule has 37 heavy (non-hydrogen) atoms. The molecule has 3 aliphatic heterocycles. The van der Waals surface area contributed by atoms with Crippen LogP contribution >= 0.6 is 0 Å². The van der Waals surface area contributed by atoms with Gasteiger partial charge in [-0.15, -0.1) is 0 Å². The Kier molecular flexibility index (Phi) is 5.33. The number of amides is 2. The Labute approximate surface area is 217 Å². The number of nitrogens with one attached hydrogen (secondary N) is 1. The van der Waals surface area contributed by atoms with Gasteiger partial charge in [0.2, 0.25) is 11.8 Å². The van der Waals surface area contributed by atoms with Gasteiger partial charge in [-0.3, -0.25) is 14.9 Å². The largest absolute Gasteiger partial charge is 0.490 e. The van der Waals surface area contributed by atoms with Crippen molar-refractivity contribution in [3.8, 4) is 5.75 Å². The van der Waals surface area contributed by atoms with Crippen LogP contribution in [0, 0.1) is 11.8 Å². The highest BCUT2D eigenvalue weighted by atomic mass is 19.1. The number of benzene rings is 1. The van der Waals surface area contributed by atoms with Crippen LogP contribution in [-0.4, -0.2) is 65.2 Å². The zero-order chi connectivity index (χ0) is 25.5. The number of hydrogen-bond donors (Lipinski definition) is 1. The number of carbonyl (C=O) groups is 2. The molecule has 6 nitrogen and oxygen atoms in total. The molecule has 1 aromatic carbocycles. The molecule has 4 fully saturated rings. The molecule has 1 aromatic rings. The van der Waals surface area contributed by atoms with Crippen LogP contribution in [0.15, 0.2) is 42.0 Å². The molecule has 3 aliphatic carbocycles. The molecule has 0 aromatic heterocycles. The van der Waals surface area contributed by atoms with Crippen LogP contribution in [-0.2, 0) is 9.59 Å². The first kappa shape index (κ1) is 23.4. The molecule has 2 amide bonds. The highest BCUT2D eigenvalue weighted by molar-refractivity contribution is 5.92. The summed E-state index contributed by atoms with van der Waals surface area (Å²) in [6.45, 7) is 6.34. The Morgan fingerprint density at radius 1 is 1.22 bits per heavy atom. The summed E-state index contributed by atoms with van der Waals surface area (Å²) in [5.74, 6) is 1.76. The molecule has 6 aliphatic rings. The number of nitrogens with zero attached hydrogens (tertiary/aromatic N) is 2. The first-order chi connectivity index (χ1) is 17.8. The topological polar surface area (TPSA) is 61.9 Å². The van der Waals surface area contributed by atoms with Crippen molar-refractivity contribution >= 4 is 11.8 Å². The molecule has 7 heteroatoms. The number of ether oxygens (including phenoxy) is 1. The molecule has 0 bridgehead atoms. The molecule has 2 saturated heterocycles. The fraction of sp³-hybridized carbons (Fsp3) is 0.600. The number of halogens is 1. The average Bonchev–Trinajstić information content (AvgIpc) is 3.80. The van der Waals surface area contributed by atoms with Crippen molar-refractivity contribution in [3.05, 3.63) is 53.1 Å².